The van der Waals surface area contributed by atoms with Crippen LogP contribution in [0.25, 0.3) is 6.08 Å². The van der Waals surface area contributed by atoms with Crippen molar-refractivity contribution in [1.29, 1.82) is 0 Å². The molecule has 0 aliphatic carbocycles. The van der Waals surface area contributed by atoms with Crippen LogP contribution >= 0.6 is 0 Å². The number of hydrogen-bond acceptors (Lipinski definition) is 2. The fourth-order valence-electron chi connectivity index (χ4n) is 3.18. The van der Waals surface area contributed by atoms with Crippen LogP contribution in [0, 0.1) is 5.92 Å². The fourth-order valence-corrected chi connectivity index (χ4v) is 3.18. The Kier molecular flexibility index (Phi) is 6.90. The van der Waals surface area contributed by atoms with Crippen LogP contribution in [-0.4, -0.2) is 24.6 Å². The van der Waals surface area contributed by atoms with Crippen molar-refractivity contribution in [3.63, 3.8) is 0 Å². The smallest absolute Gasteiger partial charge is 0.0902 e. The highest BCUT2D eigenvalue weighted by Crippen LogP contribution is 2.19. The lowest BCUT2D eigenvalue weighted by molar-refractivity contribution is 0.117. The molecule has 0 bridgehead atoms. The second-order valence-corrected chi connectivity index (χ2v) is 6.64. The van der Waals surface area contributed by atoms with Gasteiger partial charge in [-0.15, -0.1) is 0 Å². The molecule has 2 nitrogen and oxygen atoms in total. The minimum absolute atomic E-state index is 0.676. The minimum atomic E-state index is 0.676. The molecule has 1 aliphatic heterocycles. The molecule has 3 rings (SSSR count). The average Bonchev–Trinajstić information content (AvgIpc) is 2.67. The molecule has 0 unspecified atom stereocenters. The third-order valence-electron chi connectivity index (χ3n) is 4.66. The molecule has 1 heterocycles. The van der Waals surface area contributed by atoms with E-state index in [-0.39, 0.29) is 0 Å². The summed E-state index contributed by atoms with van der Waals surface area (Å²) < 4.78 is 5.71. The number of nitrogens with zero attached hydrogens (tertiary/aromatic N) is 1. The molecule has 25 heavy (non-hydrogen) atoms. The maximum absolute atomic E-state index is 5.71. The van der Waals surface area contributed by atoms with Crippen LogP contribution in [0.5, 0.6) is 0 Å². The molecule has 1 saturated heterocycles. The molecule has 1 aliphatic rings. The molecule has 2 heteroatoms. The lowest BCUT2D eigenvalue weighted by Gasteiger charge is -2.31. The Bertz CT molecular complexity index is 655. The van der Waals surface area contributed by atoms with E-state index in [1.54, 1.807) is 0 Å². The Morgan fingerprint density at radius 3 is 2.28 bits per heavy atom. The number of piperidine rings is 1. The third kappa shape index (κ3) is 6.24. The number of ether oxygens (including phenoxy) is 1. The van der Waals surface area contributed by atoms with Gasteiger partial charge in [-0.1, -0.05) is 72.8 Å². The molecule has 2 aromatic rings. The van der Waals surface area contributed by atoms with E-state index >= 15 is 0 Å². The van der Waals surface area contributed by atoms with Gasteiger partial charge in [-0.05, 0) is 49.1 Å². The molecule has 2 aromatic carbocycles. The summed E-state index contributed by atoms with van der Waals surface area (Å²) in [4.78, 5) is 2.55. The number of likely N-dealkylation sites (tertiary alicyclic amines) is 1. The summed E-state index contributed by atoms with van der Waals surface area (Å²) in [7, 11) is 0. The van der Waals surface area contributed by atoms with Gasteiger partial charge in [0.05, 0.1) is 12.9 Å². The minimum Gasteiger partial charge on any atom is -0.501 e. The number of benzene rings is 2. The van der Waals surface area contributed by atoms with Gasteiger partial charge in [0.1, 0.15) is 0 Å². The van der Waals surface area contributed by atoms with E-state index in [4.69, 9.17) is 4.74 Å². The van der Waals surface area contributed by atoms with Crippen molar-refractivity contribution in [3.05, 3.63) is 90.2 Å². The SMILES string of the molecule is C(/C=C/c1ccccc1)=C\OCC1CCN(Cc2ccccc2)CC1. The molecule has 0 aromatic heterocycles. The molecular weight excluding hydrogens is 306 g/mol. The third-order valence-corrected chi connectivity index (χ3v) is 4.66. The van der Waals surface area contributed by atoms with Gasteiger partial charge in [0.15, 0.2) is 0 Å². The Morgan fingerprint density at radius 1 is 0.880 bits per heavy atom. The predicted molar refractivity (Wildman–Crippen MR) is 105 cm³/mol. The second kappa shape index (κ2) is 9.85. The van der Waals surface area contributed by atoms with Crippen LogP contribution in [0.15, 0.2) is 79.1 Å². The quantitative estimate of drug-likeness (QED) is 0.514. The first kappa shape index (κ1) is 17.5. The van der Waals surface area contributed by atoms with Crippen molar-refractivity contribution in [1.82, 2.24) is 4.90 Å². The zero-order valence-electron chi connectivity index (χ0n) is 14.8. The van der Waals surface area contributed by atoms with Gasteiger partial charge in [-0.3, -0.25) is 4.90 Å². The van der Waals surface area contributed by atoms with Crippen LogP contribution in [0.3, 0.4) is 0 Å². The largest absolute Gasteiger partial charge is 0.501 e. The van der Waals surface area contributed by atoms with Gasteiger partial charge in [0.25, 0.3) is 0 Å². The van der Waals surface area contributed by atoms with Gasteiger partial charge in [-0.25, -0.2) is 0 Å². The van der Waals surface area contributed by atoms with E-state index in [1.807, 2.05) is 36.6 Å². The van der Waals surface area contributed by atoms with E-state index in [0.717, 1.165) is 13.2 Å². The molecule has 0 N–H and O–H groups in total. The Morgan fingerprint density at radius 2 is 1.56 bits per heavy atom. The zero-order valence-corrected chi connectivity index (χ0v) is 14.8. The number of hydrogen-bond donors (Lipinski definition) is 0. The monoisotopic (exact) mass is 333 g/mol. The molecule has 130 valence electrons. The lowest BCUT2D eigenvalue weighted by atomic mass is 9.97. The predicted octanol–water partition coefficient (Wildman–Crippen LogP) is 5.14. The Labute approximate surface area is 151 Å². The van der Waals surface area contributed by atoms with Gasteiger partial charge >= 0.3 is 0 Å². The highest BCUT2D eigenvalue weighted by Gasteiger charge is 2.19. The summed E-state index contributed by atoms with van der Waals surface area (Å²) in [6.45, 7) is 4.23. The molecule has 0 amide bonds. The molecule has 0 atom stereocenters. The van der Waals surface area contributed by atoms with E-state index in [2.05, 4.69) is 53.4 Å². The number of rotatable bonds is 7. The number of allylic oxidation sites excluding steroid dienone is 2. The van der Waals surface area contributed by atoms with E-state index in [0.29, 0.717) is 5.92 Å². The Hall–Kier alpha value is -2.32. The first-order valence-electron chi connectivity index (χ1n) is 9.16. The maximum atomic E-state index is 5.71. The van der Waals surface area contributed by atoms with E-state index < -0.39 is 0 Å². The molecule has 0 radical (unpaired) electrons. The van der Waals surface area contributed by atoms with Crippen molar-refractivity contribution < 1.29 is 4.74 Å². The van der Waals surface area contributed by atoms with Crippen molar-refractivity contribution >= 4 is 6.08 Å². The maximum Gasteiger partial charge on any atom is 0.0902 e. The molecule has 0 spiro atoms. The zero-order chi connectivity index (χ0) is 17.2. The Balaban J connectivity index is 1.31. The second-order valence-electron chi connectivity index (χ2n) is 6.64. The standard InChI is InChI=1S/C23H27NO/c1-3-9-21(10-4-1)11-7-8-18-25-20-23-14-16-24(17-15-23)19-22-12-5-2-6-13-22/h1-13,18,23H,14-17,19-20H2/b11-7+,18-8+. The first-order valence-corrected chi connectivity index (χ1v) is 9.16. The summed E-state index contributed by atoms with van der Waals surface area (Å²) >= 11 is 0. The highest BCUT2D eigenvalue weighted by atomic mass is 16.5. The van der Waals surface area contributed by atoms with E-state index in [9.17, 15) is 0 Å². The van der Waals surface area contributed by atoms with Gasteiger partial charge in [0, 0.05) is 6.54 Å². The van der Waals surface area contributed by atoms with Crippen LogP contribution < -0.4 is 0 Å². The van der Waals surface area contributed by atoms with Gasteiger partial charge in [-0.2, -0.15) is 0 Å². The molecular formula is C23H27NO. The highest BCUT2D eigenvalue weighted by molar-refractivity contribution is 5.50. The van der Waals surface area contributed by atoms with E-state index in [1.165, 1.54) is 37.1 Å². The van der Waals surface area contributed by atoms with Gasteiger partial charge in [0.2, 0.25) is 0 Å². The van der Waals surface area contributed by atoms with Crippen molar-refractivity contribution in [2.24, 2.45) is 5.92 Å². The summed E-state index contributed by atoms with van der Waals surface area (Å²) in [6, 6.07) is 21.0. The molecule has 1 fully saturated rings. The normalized spacial score (nSPS) is 16.6. The summed E-state index contributed by atoms with van der Waals surface area (Å²) in [5, 5.41) is 0. The fraction of sp³-hybridized carbons (Fsp3) is 0.304. The van der Waals surface area contributed by atoms with Crippen molar-refractivity contribution in [2.75, 3.05) is 19.7 Å². The van der Waals surface area contributed by atoms with Crippen molar-refractivity contribution in [2.45, 2.75) is 19.4 Å². The summed E-state index contributed by atoms with van der Waals surface area (Å²) in [6.07, 6.45) is 10.3. The lowest BCUT2D eigenvalue weighted by Crippen LogP contribution is -2.34. The van der Waals surface area contributed by atoms with Crippen molar-refractivity contribution in [3.8, 4) is 0 Å². The average molecular weight is 333 g/mol. The topological polar surface area (TPSA) is 12.5 Å². The van der Waals surface area contributed by atoms with Crippen LogP contribution in [0.4, 0.5) is 0 Å². The van der Waals surface area contributed by atoms with Crippen LogP contribution in [0.2, 0.25) is 0 Å². The molecule has 0 saturated carbocycles. The first-order chi connectivity index (χ1) is 12.4. The summed E-state index contributed by atoms with van der Waals surface area (Å²) in [5.41, 5.74) is 2.61. The van der Waals surface area contributed by atoms with Crippen LogP contribution in [0.1, 0.15) is 24.0 Å². The van der Waals surface area contributed by atoms with Crippen LogP contribution in [-0.2, 0) is 11.3 Å². The van der Waals surface area contributed by atoms with Gasteiger partial charge < -0.3 is 4.74 Å². The summed E-state index contributed by atoms with van der Waals surface area (Å²) in [5.74, 6) is 0.676.